The highest BCUT2D eigenvalue weighted by Gasteiger charge is 2.30. The van der Waals surface area contributed by atoms with Gasteiger partial charge in [0.15, 0.2) is 5.82 Å². The van der Waals surface area contributed by atoms with Crippen LogP contribution in [0.2, 0.25) is 0 Å². The van der Waals surface area contributed by atoms with Crippen molar-refractivity contribution in [3.63, 3.8) is 0 Å². The van der Waals surface area contributed by atoms with Gasteiger partial charge in [0.1, 0.15) is 17.9 Å². The fourth-order valence-corrected chi connectivity index (χ4v) is 5.61. The number of hydroxylamine groups is 1. The van der Waals surface area contributed by atoms with Gasteiger partial charge in [-0.25, -0.2) is 19.8 Å². The van der Waals surface area contributed by atoms with Gasteiger partial charge in [0, 0.05) is 51.3 Å². The molecule has 2 aliphatic heterocycles. The number of aromatic nitrogens is 2. The summed E-state index contributed by atoms with van der Waals surface area (Å²) in [5, 5.41) is 8.04. The van der Waals surface area contributed by atoms with E-state index in [1.165, 1.54) is 12.4 Å². The van der Waals surface area contributed by atoms with Crippen molar-refractivity contribution >= 4 is 40.6 Å². The fraction of sp³-hybridized carbons (Fsp3) is 0.371. The number of carbonyl (C=O) groups is 2. The number of benzene rings is 2. The summed E-state index contributed by atoms with van der Waals surface area (Å²) in [6.45, 7) is 16.0. The van der Waals surface area contributed by atoms with Gasteiger partial charge in [-0.3, -0.25) is 14.5 Å². The van der Waals surface area contributed by atoms with Crippen LogP contribution < -0.4 is 25.3 Å². The second-order valence-corrected chi connectivity index (χ2v) is 11.4. The lowest BCUT2D eigenvalue weighted by atomic mass is 10.0. The van der Waals surface area contributed by atoms with Crippen LogP contribution in [0, 0.1) is 0 Å². The lowest BCUT2D eigenvalue weighted by Crippen LogP contribution is -2.46. The standard InChI is InChI=1S/C35H43N7O5/c1-6-13-40-14-16-41(17-15-40)30-21-31(45-5)28(20-27(30)39-34(43)8-3)38-32-22-33(37-23-36-32)42-29(12-18-46-42)25-10-9-11-26(19-25)35(44)47-24(4)7-2/h6,8-11,19-24,29H,1,3,7,12-18H2,2,4-5H3,(H,39,43)(H,36,37,38)/t24?,29-/m1/s1. The molecule has 1 unspecified atom stereocenters. The van der Waals surface area contributed by atoms with Gasteiger partial charge in [-0.1, -0.05) is 31.7 Å². The van der Waals surface area contributed by atoms with Crippen LogP contribution in [0.15, 0.2) is 74.1 Å². The molecule has 12 nitrogen and oxygen atoms in total. The number of rotatable bonds is 13. The molecule has 0 aliphatic carbocycles. The number of nitrogens with zero attached hydrogens (tertiary/aromatic N) is 5. The van der Waals surface area contributed by atoms with Crippen LogP contribution >= 0.6 is 0 Å². The van der Waals surface area contributed by atoms with Gasteiger partial charge in [0.25, 0.3) is 0 Å². The van der Waals surface area contributed by atoms with Crippen LogP contribution in [0.5, 0.6) is 5.75 Å². The highest BCUT2D eigenvalue weighted by atomic mass is 16.7. The Kier molecular flexibility index (Phi) is 11.1. The molecule has 0 bridgehead atoms. The van der Waals surface area contributed by atoms with Gasteiger partial charge < -0.3 is 25.0 Å². The van der Waals surface area contributed by atoms with Crippen molar-refractivity contribution in [3.05, 3.63) is 85.2 Å². The average Bonchev–Trinajstić information content (AvgIpc) is 3.59. The normalized spacial score (nSPS) is 17.1. The summed E-state index contributed by atoms with van der Waals surface area (Å²) in [5.41, 5.74) is 3.50. The minimum atomic E-state index is -0.348. The van der Waals surface area contributed by atoms with Crippen molar-refractivity contribution in [2.75, 3.05) is 67.0 Å². The van der Waals surface area contributed by atoms with Crippen molar-refractivity contribution in [1.82, 2.24) is 14.9 Å². The number of ether oxygens (including phenoxy) is 2. The Morgan fingerprint density at radius 3 is 2.64 bits per heavy atom. The molecule has 5 rings (SSSR count). The Hall–Kier alpha value is -4.94. The zero-order chi connectivity index (χ0) is 33.3. The molecule has 3 aromatic rings. The van der Waals surface area contributed by atoms with Gasteiger partial charge in [-0.05, 0) is 43.2 Å². The van der Waals surface area contributed by atoms with Crippen LogP contribution in [-0.2, 0) is 14.4 Å². The van der Waals surface area contributed by atoms with E-state index in [0.717, 1.165) is 50.4 Å². The SMILES string of the molecule is C=CCN1CCN(c2cc(OC)c(Nc3cc(N4OCC[C@@H]4c4cccc(C(=O)OC(C)CC)c4)ncn3)cc2NC(=O)C=C)CC1. The summed E-state index contributed by atoms with van der Waals surface area (Å²) in [4.78, 5) is 44.7. The first kappa shape index (κ1) is 33.4. The van der Waals surface area contributed by atoms with E-state index in [0.29, 0.717) is 47.4 Å². The Bertz CT molecular complexity index is 1590. The van der Waals surface area contributed by atoms with E-state index in [9.17, 15) is 9.59 Å². The molecule has 1 aromatic heterocycles. The number of piperazine rings is 1. The molecule has 12 heteroatoms. The maximum atomic E-state index is 12.7. The van der Waals surface area contributed by atoms with Crippen LogP contribution in [-0.4, -0.2) is 79.3 Å². The summed E-state index contributed by atoms with van der Waals surface area (Å²) in [7, 11) is 1.61. The minimum absolute atomic E-state index is 0.160. The largest absolute Gasteiger partial charge is 0.494 e. The van der Waals surface area contributed by atoms with E-state index in [2.05, 4.69) is 43.6 Å². The van der Waals surface area contributed by atoms with Crippen LogP contribution in [0.4, 0.5) is 28.7 Å². The lowest BCUT2D eigenvalue weighted by Gasteiger charge is -2.36. The van der Waals surface area contributed by atoms with Crippen LogP contribution in [0.3, 0.4) is 0 Å². The summed E-state index contributed by atoms with van der Waals surface area (Å²) >= 11 is 0. The molecule has 2 atom stereocenters. The smallest absolute Gasteiger partial charge is 0.338 e. The molecule has 3 heterocycles. The second-order valence-electron chi connectivity index (χ2n) is 11.4. The van der Waals surface area contributed by atoms with Gasteiger partial charge in [0.2, 0.25) is 5.91 Å². The number of nitrogens with one attached hydrogen (secondary N) is 2. The monoisotopic (exact) mass is 641 g/mol. The fourth-order valence-electron chi connectivity index (χ4n) is 5.61. The maximum absolute atomic E-state index is 12.7. The molecule has 2 saturated heterocycles. The summed E-state index contributed by atoms with van der Waals surface area (Å²) in [6, 6.07) is 12.8. The molecule has 0 saturated carbocycles. The van der Waals surface area contributed by atoms with Gasteiger partial charge in [-0.2, -0.15) is 0 Å². The quantitative estimate of drug-likeness (QED) is 0.140. The molecule has 2 aliphatic rings. The molecule has 2 fully saturated rings. The van der Waals surface area contributed by atoms with Crippen molar-refractivity contribution < 1.29 is 23.9 Å². The molecular weight excluding hydrogens is 598 g/mol. The van der Waals surface area contributed by atoms with Crippen molar-refractivity contribution in [1.29, 1.82) is 0 Å². The molecular formula is C35H43N7O5. The molecule has 0 radical (unpaired) electrons. The summed E-state index contributed by atoms with van der Waals surface area (Å²) in [5.74, 6) is 0.970. The third-order valence-corrected chi connectivity index (χ3v) is 8.30. The van der Waals surface area contributed by atoms with Crippen molar-refractivity contribution in [3.8, 4) is 5.75 Å². The second kappa shape index (κ2) is 15.6. The molecule has 2 N–H and O–H groups in total. The van der Waals surface area contributed by atoms with E-state index in [-0.39, 0.29) is 24.0 Å². The first-order chi connectivity index (χ1) is 22.8. The number of hydrogen-bond acceptors (Lipinski definition) is 11. The average molecular weight is 642 g/mol. The molecule has 248 valence electrons. The van der Waals surface area contributed by atoms with E-state index in [1.807, 2.05) is 50.3 Å². The number of anilines is 5. The third kappa shape index (κ3) is 8.08. The first-order valence-electron chi connectivity index (χ1n) is 15.9. The topological polar surface area (TPSA) is 121 Å². The van der Waals surface area contributed by atoms with E-state index in [4.69, 9.17) is 14.3 Å². The predicted molar refractivity (Wildman–Crippen MR) is 183 cm³/mol. The van der Waals surface area contributed by atoms with E-state index < -0.39 is 0 Å². The molecule has 1 amide bonds. The highest BCUT2D eigenvalue weighted by molar-refractivity contribution is 6.02. The number of hydrogen-bond donors (Lipinski definition) is 2. The Morgan fingerprint density at radius 2 is 1.91 bits per heavy atom. The molecule has 47 heavy (non-hydrogen) atoms. The highest BCUT2D eigenvalue weighted by Crippen LogP contribution is 2.40. The number of carbonyl (C=O) groups excluding carboxylic acids is 2. The number of methoxy groups -OCH3 is 1. The molecule has 2 aromatic carbocycles. The Morgan fingerprint density at radius 1 is 1.11 bits per heavy atom. The van der Waals surface area contributed by atoms with Crippen molar-refractivity contribution in [2.24, 2.45) is 0 Å². The first-order valence-corrected chi connectivity index (χ1v) is 15.9. The third-order valence-electron chi connectivity index (χ3n) is 8.30. The summed E-state index contributed by atoms with van der Waals surface area (Å²) < 4.78 is 11.3. The van der Waals surface area contributed by atoms with Crippen molar-refractivity contribution in [2.45, 2.75) is 38.8 Å². The number of esters is 1. The van der Waals surface area contributed by atoms with Crippen LogP contribution in [0.25, 0.3) is 0 Å². The lowest BCUT2D eigenvalue weighted by molar-refractivity contribution is -0.111. The minimum Gasteiger partial charge on any atom is -0.494 e. The zero-order valence-electron chi connectivity index (χ0n) is 27.3. The van der Waals surface area contributed by atoms with Crippen LogP contribution in [0.1, 0.15) is 48.7 Å². The van der Waals surface area contributed by atoms with Gasteiger partial charge >= 0.3 is 5.97 Å². The Labute approximate surface area is 276 Å². The van der Waals surface area contributed by atoms with E-state index >= 15 is 0 Å². The molecule has 0 spiro atoms. The van der Waals surface area contributed by atoms with Gasteiger partial charge in [-0.15, -0.1) is 6.58 Å². The maximum Gasteiger partial charge on any atom is 0.338 e. The van der Waals surface area contributed by atoms with E-state index in [1.54, 1.807) is 24.3 Å². The Balaban J connectivity index is 1.39. The zero-order valence-corrected chi connectivity index (χ0v) is 27.3. The number of amides is 1. The predicted octanol–water partition coefficient (Wildman–Crippen LogP) is 5.50. The van der Waals surface area contributed by atoms with Gasteiger partial charge in [0.05, 0.1) is 48.5 Å². The summed E-state index contributed by atoms with van der Waals surface area (Å²) in [6.07, 6.45) is 5.91.